The second-order valence-corrected chi connectivity index (χ2v) is 9.72. The second kappa shape index (κ2) is 7.63. The van der Waals surface area contributed by atoms with Gasteiger partial charge in [0.25, 0.3) is 0 Å². The van der Waals surface area contributed by atoms with E-state index in [1.807, 2.05) is 6.92 Å². The Labute approximate surface area is 152 Å². The molecule has 1 aliphatic carbocycles. The average molecular weight is 399 g/mol. The quantitative estimate of drug-likeness (QED) is 0.780. The van der Waals surface area contributed by atoms with E-state index in [0.717, 1.165) is 31.9 Å². The van der Waals surface area contributed by atoms with Gasteiger partial charge in [-0.25, -0.2) is 8.42 Å². The van der Waals surface area contributed by atoms with Crippen molar-refractivity contribution >= 4 is 15.9 Å². The van der Waals surface area contributed by atoms with Gasteiger partial charge in [-0.05, 0) is 32.6 Å². The van der Waals surface area contributed by atoms with E-state index in [1.165, 1.54) is 0 Å². The van der Waals surface area contributed by atoms with Gasteiger partial charge in [-0.3, -0.25) is 4.79 Å². The number of hydrogen-bond acceptors (Lipinski definition) is 4. The number of alkyl halides is 3. The normalized spacial score (nSPS) is 29.2. The number of piperidine rings is 1. The van der Waals surface area contributed by atoms with Gasteiger partial charge in [0, 0.05) is 24.7 Å². The van der Waals surface area contributed by atoms with Crippen LogP contribution in [0.25, 0.3) is 0 Å². The number of carbonyl (C=O) groups excluding carboxylic acids is 1. The monoisotopic (exact) mass is 399 g/mol. The van der Waals surface area contributed by atoms with E-state index >= 15 is 0 Å². The van der Waals surface area contributed by atoms with Crippen LogP contribution < -0.4 is 5.73 Å². The molecule has 0 bridgehead atoms. The molecule has 0 radical (unpaired) electrons. The Balaban J connectivity index is 2.02. The molecule has 0 aromatic heterocycles. The van der Waals surface area contributed by atoms with Crippen molar-refractivity contribution in [2.24, 2.45) is 11.7 Å². The third-order valence-electron chi connectivity index (χ3n) is 5.50. The van der Waals surface area contributed by atoms with Gasteiger partial charge in [0.2, 0.25) is 15.9 Å². The second-order valence-electron chi connectivity index (χ2n) is 7.78. The predicted octanol–water partition coefficient (Wildman–Crippen LogP) is 1.71. The van der Waals surface area contributed by atoms with Crippen LogP contribution >= 0.6 is 0 Å². The molecule has 2 rings (SSSR count). The fourth-order valence-electron chi connectivity index (χ4n) is 4.05. The molecule has 1 heterocycles. The molecular weight excluding hydrogens is 371 g/mol. The molecule has 1 aliphatic heterocycles. The molecule has 10 heteroatoms. The van der Waals surface area contributed by atoms with Crippen LogP contribution in [-0.4, -0.2) is 67.2 Å². The number of amides is 1. The van der Waals surface area contributed by atoms with Crippen molar-refractivity contribution < 1.29 is 26.4 Å². The molecule has 152 valence electrons. The van der Waals surface area contributed by atoms with Crippen molar-refractivity contribution in [1.29, 1.82) is 0 Å². The highest BCUT2D eigenvalue weighted by Gasteiger charge is 2.43. The average Bonchev–Trinajstić information content (AvgIpc) is 2.50. The summed E-state index contributed by atoms with van der Waals surface area (Å²) in [6.45, 7) is 0.879. The van der Waals surface area contributed by atoms with Crippen molar-refractivity contribution in [3.05, 3.63) is 0 Å². The zero-order valence-corrected chi connectivity index (χ0v) is 16.1. The smallest absolute Gasteiger partial charge is 0.342 e. The standard InChI is InChI=1S/C16H28F3N3O3S/c1-15(20)8-4-3-5-13(15)14(23)21-9-6-12(7-10-21)22(26(2,24)25)11-16(17,18)19/h12-13H,3-11,20H2,1-2H3. The molecule has 2 N–H and O–H groups in total. The highest BCUT2D eigenvalue weighted by Crippen LogP contribution is 2.34. The zero-order chi connectivity index (χ0) is 19.8. The lowest BCUT2D eigenvalue weighted by Gasteiger charge is -2.43. The first-order valence-corrected chi connectivity index (χ1v) is 10.8. The van der Waals surface area contributed by atoms with Crippen LogP contribution in [0.4, 0.5) is 13.2 Å². The van der Waals surface area contributed by atoms with Crippen molar-refractivity contribution in [2.45, 2.75) is 63.2 Å². The van der Waals surface area contributed by atoms with Gasteiger partial charge in [0.05, 0.1) is 12.2 Å². The maximum atomic E-state index is 12.8. The Bertz CT molecular complexity index is 614. The van der Waals surface area contributed by atoms with Gasteiger partial charge < -0.3 is 10.6 Å². The number of carbonyl (C=O) groups is 1. The SMILES string of the molecule is CC1(N)CCCCC1C(=O)N1CCC(N(CC(F)(F)F)S(C)(=O)=O)CC1. The van der Waals surface area contributed by atoms with Crippen molar-refractivity contribution in [1.82, 2.24) is 9.21 Å². The summed E-state index contributed by atoms with van der Waals surface area (Å²) in [5, 5.41) is 0. The summed E-state index contributed by atoms with van der Waals surface area (Å²) in [5.41, 5.74) is 5.70. The van der Waals surface area contributed by atoms with Crippen molar-refractivity contribution in [3.63, 3.8) is 0 Å². The highest BCUT2D eigenvalue weighted by molar-refractivity contribution is 7.88. The zero-order valence-electron chi connectivity index (χ0n) is 15.3. The minimum absolute atomic E-state index is 0.0603. The van der Waals surface area contributed by atoms with E-state index in [2.05, 4.69) is 0 Å². The number of likely N-dealkylation sites (tertiary alicyclic amines) is 1. The number of rotatable bonds is 4. The first kappa shape index (κ1) is 21.4. The van der Waals surface area contributed by atoms with Gasteiger partial charge in [-0.2, -0.15) is 17.5 Å². The van der Waals surface area contributed by atoms with E-state index in [9.17, 15) is 26.4 Å². The third-order valence-corrected chi connectivity index (χ3v) is 6.78. The largest absolute Gasteiger partial charge is 0.402 e. The van der Waals surface area contributed by atoms with Gasteiger partial charge in [-0.15, -0.1) is 0 Å². The molecule has 1 saturated carbocycles. The Kier molecular flexibility index (Phi) is 6.29. The first-order valence-electron chi connectivity index (χ1n) is 8.92. The summed E-state index contributed by atoms with van der Waals surface area (Å²) in [5.74, 6) is -0.344. The molecule has 0 aromatic carbocycles. The number of nitrogens with two attached hydrogens (primary N) is 1. The Morgan fingerprint density at radius 3 is 2.27 bits per heavy atom. The van der Waals surface area contributed by atoms with E-state index in [-0.39, 0.29) is 37.8 Å². The van der Waals surface area contributed by atoms with Crippen molar-refractivity contribution in [3.8, 4) is 0 Å². The number of nitrogens with zero attached hydrogens (tertiary/aromatic N) is 2. The summed E-state index contributed by atoms with van der Waals surface area (Å²) >= 11 is 0. The predicted molar refractivity (Wildman–Crippen MR) is 91.8 cm³/mol. The molecule has 1 amide bonds. The molecule has 6 nitrogen and oxygen atoms in total. The fraction of sp³-hybridized carbons (Fsp3) is 0.938. The molecule has 2 atom stereocenters. The van der Waals surface area contributed by atoms with Crippen molar-refractivity contribution in [2.75, 3.05) is 25.9 Å². The molecular formula is C16H28F3N3O3S. The molecule has 2 fully saturated rings. The summed E-state index contributed by atoms with van der Waals surface area (Å²) in [6.07, 6.45) is -0.00122. The van der Waals surface area contributed by atoms with Crippen LogP contribution in [0.3, 0.4) is 0 Å². The lowest BCUT2D eigenvalue weighted by atomic mass is 9.74. The Hall–Kier alpha value is -0.870. The van der Waals surface area contributed by atoms with Crippen LogP contribution in [0.2, 0.25) is 0 Å². The summed E-state index contributed by atoms with van der Waals surface area (Å²) in [6, 6.07) is -0.744. The van der Waals surface area contributed by atoms with Gasteiger partial charge >= 0.3 is 6.18 Å². The van der Waals surface area contributed by atoms with E-state index in [1.54, 1.807) is 4.90 Å². The fourth-order valence-corrected chi connectivity index (χ4v) is 5.19. The van der Waals surface area contributed by atoms with E-state index in [4.69, 9.17) is 5.73 Å². The summed E-state index contributed by atoms with van der Waals surface area (Å²) in [7, 11) is -3.98. The molecule has 1 saturated heterocycles. The van der Waals surface area contributed by atoms with E-state index in [0.29, 0.717) is 4.31 Å². The summed E-state index contributed by atoms with van der Waals surface area (Å²) in [4.78, 5) is 14.4. The van der Waals surface area contributed by atoms with Crippen LogP contribution in [0.1, 0.15) is 45.4 Å². The Morgan fingerprint density at radius 1 is 1.23 bits per heavy atom. The molecule has 0 spiro atoms. The van der Waals surface area contributed by atoms with Crippen LogP contribution in [0, 0.1) is 5.92 Å². The molecule has 0 aromatic rings. The third kappa shape index (κ3) is 5.32. The summed E-state index contributed by atoms with van der Waals surface area (Å²) < 4.78 is 62.3. The topological polar surface area (TPSA) is 83.7 Å². The van der Waals surface area contributed by atoms with Gasteiger partial charge in [0.1, 0.15) is 6.54 Å². The first-order chi connectivity index (χ1) is 11.8. The molecule has 2 unspecified atom stereocenters. The number of halogens is 3. The maximum Gasteiger partial charge on any atom is 0.402 e. The molecule has 2 aliphatic rings. The van der Waals surface area contributed by atoms with Crippen LogP contribution in [0.5, 0.6) is 0 Å². The Morgan fingerprint density at radius 2 is 1.81 bits per heavy atom. The number of sulfonamides is 1. The lowest BCUT2D eigenvalue weighted by molar-refractivity contribution is -0.145. The minimum Gasteiger partial charge on any atom is -0.342 e. The van der Waals surface area contributed by atoms with E-state index < -0.39 is 34.3 Å². The lowest BCUT2D eigenvalue weighted by Crippen LogP contribution is -2.56. The minimum atomic E-state index is -4.60. The maximum absolute atomic E-state index is 12.8. The number of hydrogen-bond donors (Lipinski definition) is 1. The highest BCUT2D eigenvalue weighted by atomic mass is 32.2. The molecule has 26 heavy (non-hydrogen) atoms. The van der Waals surface area contributed by atoms with Gasteiger partial charge in [0.15, 0.2) is 0 Å². The van der Waals surface area contributed by atoms with Crippen LogP contribution in [0.15, 0.2) is 0 Å². The van der Waals surface area contributed by atoms with Crippen LogP contribution in [-0.2, 0) is 14.8 Å². The van der Waals surface area contributed by atoms with Gasteiger partial charge in [-0.1, -0.05) is 12.8 Å².